The van der Waals surface area contributed by atoms with Crippen LogP contribution in [-0.2, 0) is 5.66 Å². The van der Waals surface area contributed by atoms with Gasteiger partial charge in [0, 0.05) is 0 Å². The Morgan fingerprint density at radius 1 is 1.38 bits per heavy atom. The monoisotopic (exact) mass is 180 g/mol. The standard InChI is InChI=1S/C10H16N2O/c1-3-13-9-6-4-5-8(7-9)10(2,11)12/h4-7H,3,11-12H2,1-2H3. The van der Waals surface area contributed by atoms with Crippen molar-refractivity contribution in [2.75, 3.05) is 6.61 Å². The highest BCUT2D eigenvalue weighted by molar-refractivity contribution is 5.32. The molecule has 13 heavy (non-hydrogen) atoms. The second-order valence-corrected chi connectivity index (χ2v) is 3.24. The van der Waals surface area contributed by atoms with Gasteiger partial charge in [0.2, 0.25) is 0 Å². The molecule has 1 rings (SSSR count). The number of hydrogen-bond acceptors (Lipinski definition) is 3. The molecule has 3 nitrogen and oxygen atoms in total. The summed E-state index contributed by atoms with van der Waals surface area (Å²) >= 11 is 0. The molecule has 0 atom stereocenters. The fourth-order valence-corrected chi connectivity index (χ4v) is 1.09. The number of ether oxygens (including phenoxy) is 1. The molecule has 0 spiro atoms. The van der Waals surface area contributed by atoms with Crippen molar-refractivity contribution in [1.82, 2.24) is 0 Å². The van der Waals surface area contributed by atoms with Gasteiger partial charge in [-0.05, 0) is 31.5 Å². The SMILES string of the molecule is CCOc1cccc(C(C)(N)N)c1. The molecule has 0 saturated carbocycles. The maximum absolute atomic E-state index is 5.74. The molecule has 0 amide bonds. The highest BCUT2D eigenvalue weighted by Gasteiger charge is 2.14. The van der Waals surface area contributed by atoms with E-state index in [1.807, 2.05) is 31.2 Å². The van der Waals surface area contributed by atoms with E-state index >= 15 is 0 Å². The van der Waals surface area contributed by atoms with Crippen LogP contribution in [0.25, 0.3) is 0 Å². The minimum absolute atomic E-state index is 0.648. The van der Waals surface area contributed by atoms with Crippen molar-refractivity contribution in [2.24, 2.45) is 11.5 Å². The molecular weight excluding hydrogens is 164 g/mol. The first-order valence-electron chi connectivity index (χ1n) is 4.35. The molecule has 0 aliphatic carbocycles. The Morgan fingerprint density at radius 3 is 2.62 bits per heavy atom. The van der Waals surface area contributed by atoms with Crippen LogP contribution < -0.4 is 16.2 Å². The van der Waals surface area contributed by atoms with Crippen molar-refractivity contribution in [3.63, 3.8) is 0 Å². The Hall–Kier alpha value is -1.06. The summed E-state index contributed by atoms with van der Waals surface area (Å²) in [6, 6.07) is 7.53. The van der Waals surface area contributed by atoms with Gasteiger partial charge in [0.05, 0.1) is 12.3 Å². The third-order valence-corrected chi connectivity index (χ3v) is 1.77. The molecule has 0 aliphatic rings. The second kappa shape index (κ2) is 3.77. The topological polar surface area (TPSA) is 61.3 Å². The van der Waals surface area contributed by atoms with Crippen LogP contribution in [0.4, 0.5) is 0 Å². The molecule has 1 aromatic carbocycles. The summed E-state index contributed by atoms with van der Waals surface area (Å²) in [5.74, 6) is 0.808. The summed E-state index contributed by atoms with van der Waals surface area (Å²) in [5, 5.41) is 0. The first kappa shape index (κ1) is 10.0. The van der Waals surface area contributed by atoms with Crippen LogP contribution >= 0.6 is 0 Å². The molecule has 0 aromatic heterocycles. The van der Waals surface area contributed by atoms with Crippen molar-refractivity contribution in [3.05, 3.63) is 29.8 Å². The zero-order valence-corrected chi connectivity index (χ0v) is 8.08. The van der Waals surface area contributed by atoms with Gasteiger partial charge >= 0.3 is 0 Å². The maximum Gasteiger partial charge on any atom is 0.119 e. The summed E-state index contributed by atoms with van der Waals surface area (Å²) in [4.78, 5) is 0. The fraction of sp³-hybridized carbons (Fsp3) is 0.400. The molecule has 72 valence electrons. The minimum atomic E-state index is -0.799. The largest absolute Gasteiger partial charge is 0.494 e. The average molecular weight is 180 g/mol. The lowest BCUT2D eigenvalue weighted by molar-refractivity contribution is 0.338. The van der Waals surface area contributed by atoms with Crippen LogP contribution in [0.5, 0.6) is 5.75 Å². The van der Waals surface area contributed by atoms with Crippen LogP contribution in [0.15, 0.2) is 24.3 Å². The molecule has 0 aliphatic heterocycles. The van der Waals surface area contributed by atoms with Gasteiger partial charge < -0.3 is 16.2 Å². The Kier molecular flexibility index (Phi) is 2.90. The molecule has 1 aromatic rings. The number of benzene rings is 1. The molecule has 0 radical (unpaired) electrons. The first-order chi connectivity index (χ1) is 6.04. The van der Waals surface area contributed by atoms with Crippen molar-refractivity contribution < 1.29 is 4.74 Å². The van der Waals surface area contributed by atoms with Crippen molar-refractivity contribution >= 4 is 0 Å². The minimum Gasteiger partial charge on any atom is -0.494 e. The summed E-state index contributed by atoms with van der Waals surface area (Å²) < 4.78 is 5.33. The van der Waals surface area contributed by atoms with Gasteiger partial charge in [-0.25, -0.2) is 0 Å². The normalized spacial score (nSPS) is 11.4. The van der Waals surface area contributed by atoms with Crippen LogP contribution in [0.2, 0.25) is 0 Å². The Labute approximate surface area is 78.7 Å². The van der Waals surface area contributed by atoms with Crippen molar-refractivity contribution in [1.29, 1.82) is 0 Å². The highest BCUT2D eigenvalue weighted by atomic mass is 16.5. The summed E-state index contributed by atoms with van der Waals surface area (Å²) in [5.41, 5.74) is 11.6. The lowest BCUT2D eigenvalue weighted by Crippen LogP contribution is -2.42. The van der Waals surface area contributed by atoms with E-state index < -0.39 is 5.66 Å². The molecule has 3 heteroatoms. The van der Waals surface area contributed by atoms with Gasteiger partial charge in [-0.3, -0.25) is 0 Å². The predicted molar refractivity (Wildman–Crippen MR) is 53.3 cm³/mol. The van der Waals surface area contributed by atoms with Crippen LogP contribution in [-0.4, -0.2) is 6.61 Å². The number of rotatable bonds is 3. The smallest absolute Gasteiger partial charge is 0.119 e. The lowest BCUT2D eigenvalue weighted by atomic mass is 10.0. The molecule has 0 unspecified atom stereocenters. The molecule has 4 N–H and O–H groups in total. The quantitative estimate of drug-likeness (QED) is 0.686. The Morgan fingerprint density at radius 2 is 2.08 bits per heavy atom. The van der Waals surface area contributed by atoms with E-state index in [2.05, 4.69) is 0 Å². The van der Waals surface area contributed by atoms with Gasteiger partial charge in [-0.15, -0.1) is 0 Å². The zero-order chi connectivity index (χ0) is 9.90. The van der Waals surface area contributed by atoms with Crippen molar-refractivity contribution in [2.45, 2.75) is 19.5 Å². The van der Waals surface area contributed by atoms with E-state index in [0.29, 0.717) is 6.61 Å². The third kappa shape index (κ3) is 2.72. The molecule has 0 heterocycles. The van der Waals surface area contributed by atoms with Crippen molar-refractivity contribution in [3.8, 4) is 5.75 Å². The van der Waals surface area contributed by atoms with Crippen LogP contribution in [0, 0.1) is 0 Å². The molecular formula is C10H16N2O. The van der Waals surface area contributed by atoms with Gasteiger partial charge in [0.1, 0.15) is 5.75 Å². The maximum atomic E-state index is 5.74. The Balaban J connectivity index is 2.92. The molecule has 0 fully saturated rings. The lowest BCUT2D eigenvalue weighted by Gasteiger charge is -2.19. The van der Waals surface area contributed by atoms with Crippen LogP contribution in [0.3, 0.4) is 0 Å². The second-order valence-electron chi connectivity index (χ2n) is 3.24. The van der Waals surface area contributed by atoms with E-state index in [4.69, 9.17) is 16.2 Å². The number of hydrogen-bond donors (Lipinski definition) is 2. The van der Waals surface area contributed by atoms with Gasteiger partial charge in [0.25, 0.3) is 0 Å². The van der Waals surface area contributed by atoms with E-state index in [9.17, 15) is 0 Å². The van der Waals surface area contributed by atoms with Gasteiger partial charge in [-0.2, -0.15) is 0 Å². The van der Waals surface area contributed by atoms with E-state index in [-0.39, 0.29) is 0 Å². The van der Waals surface area contributed by atoms with E-state index in [1.165, 1.54) is 0 Å². The highest BCUT2D eigenvalue weighted by Crippen LogP contribution is 2.18. The van der Waals surface area contributed by atoms with Crippen LogP contribution in [0.1, 0.15) is 19.4 Å². The van der Waals surface area contributed by atoms with E-state index in [1.54, 1.807) is 6.92 Å². The summed E-state index contributed by atoms with van der Waals surface area (Å²) in [6.45, 7) is 4.35. The third-order valence-electron chi connectivity index (χ3n) is 1.77. The fourth-order valence-electron chi connectivity index (χ4n) is 1.09. The summed E-state index contributed by atoms with van der Waals surface area (Å²) in [7, 11) is 0. The summed E-state index contributed by atoms with van der Waals surface area (Å²) in [6.07, 6.45) is 0. The zero-order valence-electron chi connectivity index (χ0n) is 8.08. The first-order valence-corrected chi connectivity index (χ1v) is 4.35. The van der Waals surface area contributed by atoms with Gasteiger partial charge in [-0.1, -0.05) is 12.1 Å². The molecule has 0 bridgehead atoms. The average Bonchev–Trinajstić information content (AvgIpc) is 2.04. The Bertz CT molecular complexity index is 278. The van der Waals surface area contributed by atoms with E-state index in [0.717, 1.165) is 11.3 Å². The molecule has 0 saturated heterocycles. The predicted octanol–water partition coefficient (Wildman–Crippen LogP) is 1.18. The van der Waals surface area contributed by atoms with Gasteiger partial charge in [0.15, 0.2) is 0 Å². The number of nitrogens with two attached hydrogens (primary N) is 2.